The molecular formula is C15H23F3N2O. The Bertz CT molecular complexity index is 442. The molecule has 1 aromatic heterocycles. The highest BCUT2D eigenvalue weighted by Crippen LogP contribution is 2.47. The summed E-state index contributed by atoms with van der Waals surface area (Å²) >= 11 is 0. The minimum Gasteiger partial charge on any atom is -0.448 e. The van der Waals surface area contributed by atoms with Gasteiger partial charge in [0.2, 0.25) is 0 Å². The summed E-state index contributed by atoms with van der Waals surface area (Å²) in [7, 11) is 0. The highest BCUT2D eigenvalue weighted by molar-refractivity contribution is 5.15. The summed E-state index contributed by atoms with van der Waals surface area (Å²) in [6.07, 6.45) is -0.735. The summed E-state index contributed by atoms with van der Waals surface area (Å²) in [5.41, 5.74) is 0.622. The smallest absolute Gasteiger partial charge is 0.392 e. The lowest BCUT2D eigenvalue weighted by atomic mass is 9.77. The summed E-state index contributed by atoms with van der Waals surface area (Å²) < 4.78 is 44.9. The number of aromatic nitrogens is 1. The zero-order valence-electron chi connectivity index (χ0n) is 12.5. The lowest BCUT2D eigenvalue weighted by molar-refractivity contribution is -0.188. The molecule has 0 aliphatic heterocycles. The van der Waals surface area contributed by atoms with Crippen molar-refractivity contribution in [3.8, 4) is 0 Å². The van der Waals surface area contributed by atoms with Crippen molar-refractivity contribution >= 4 is 0 Å². The molecule has 0 radical (unpaired) electrons. The zero-order valence-corrected chi connectivity index (χ0v) is 12.5. The molecule has 3 nitrogen and oxygen atoms in total. The van der Waals surface area contributed by atoms with Crippen LogP contribution in [0.5, 0.6) is 0 Å². The maximum Gasteiger partial charge on any atom is 0.392 e. The minimum absolute atomic E-state index is 0.188. The summed E-state index contributed by atoms with van der Waals surface area (Å²) in [6.45, 7) is 5.43. The van der Waals surface area contributed by atoms with E-state index in [1.807, 2.05) is 0 Å². The second-order valence-electron chi connectivity index (χ2n) is 6.23. The van der Waals surface area contributed by atoms with Crippen LogP contribution in [0.2, 0.25) is 0 Å². The first-order chi connectivity index (χ1) is 9.89. The maximum absolute atomic E-state index is 13.2. The predicted octanol–water partition coefficient (Wildman–Crippen LogP) is 4.26. The summed E-state index contributed by atoms with van der Waals surface area (Å²) in [5.74, 6) is -0.980. The lowest BCUT2D eigenvalue weighted by Gasteiger charge is -2.32. The monoisotopic (exact) mass is 304 g/mol. The largest absolute Gasteiger partial charge is 0.448 e. The summed E-state index contributed by atoms with van der Waals surface area (Å²) in [4.78, 5) is 4.11. The third-order valence-electron chi connectivity index (χ3n) is 4.04. The fraction of sp³-hybridized carbons (Fsp3) is 0.800. The molecule has 0 bridgehead atoms. The second kappa shape index (κ2) is 6.81. The molecule has 1 saturated carbocycles. The molecule has 1 aromatic rings. The standard InChI is InChI=1S/C15H23F3N2O/c1-10(2)7-19-8-13-14(21-9-20-13)11-5-3-4-6-12(11)15(16,17)18/h9-12,19H,3-8H2,1-2H3. The Labute approximate surface area is 123 Å². The molecule has 1 N–H and O–H groups in total. The molecule has 1 aliphatic carbocycles. The van der Waals surface area contributed by atoms with E-state index >= 15 is 0 Å². The van der Waals surface area contributed by atoms with E-state index in [1.54, 1.807) is 0 Å². The van der Waals surface area contributed by atoms with E-state index in [-0.39, 0.29) is 6.42 Å². The molecule has 0 amide bonds. The SMILES string of the molecule is CC(C)CNCc1ncoc1C1CCCCC1C(F)(F)F. The van der Waals surface area contributed by atoms with E-state index in [0.717, 1.165) is 13.0 Å². The summed E-state index contributed by atoms with van der Waals surface area (Å²) in [6, 6.07) is 0. The van der Waals surface area contributed by atoms with Crippen molar-refractivity contribution in [1.29, 1.82) is 0 Å². The van der Waals surface area contributed by atoms with Crippen LogP contribution in [0.25, 0.3) is 0 Å². The van der Waals surface area contributed by atoms with Crippen LogP contribution >= 0.6 is 0 Å². The predicted molar refractivity (Wildman–Crippen MR) is 73.8 cm³/mol. The summed E-state index contributed by atoms with van der Waals surface area (Å²) in [5, 5.41) is 3.22. The highest BCUT2D eigenvalue weighted by atomic mass is 19.4. The Kier molecular flexibility index (Phi) is 5.30. The Balaban J connectivity index is 2.10. The molecule has 1 fully saturated rings. The molecule has 2 unspecified atom stereocenters. The van der Waals surface area contributed by atoms with Gasteiger partial charge in [0.1, 0.15) is 5.76 Å². The van der Waals surface area contributed by atoms with Crippen molar-refractivity contribution in [2.24, 2.45) is 11.8 Å². The molecule has 120 valence electrons. The van der Waals surface area contributed by atoms with E-state index in [9.17, 15) is 13.2 Å². The Morgan fingerprint density at radius 3 is 2.71 bits per heavy atom. The number of halogens is 3. The van der Waals surface area contributed by atoms with E-state index in [1.165, 1.54) is 6.39 Å². The van der Waals surface area contributed by atoms with Gasteiger partial charge in [-0.25, -0.2) is 4.98 Å². The van der Waals surface area contributed by atoms with Crippen LogP contribution in [-0.2, 0) is 6.54 Å². The first-order valence-corrected chi connectivity index (χ1v) is 7.59. The molecule has 1 heterocycles. The normalized spacial score (nSPS) is 23.7. The van der Waals surface area contributed by atoms with E-state index in [4.69, 9.17) is 4.42 Å². The van der Waals surface area contributed by atoms with Gasteiger partial charge in [0, 0.05) is 12.5 Å². The quantitative estimate of drug-likeness (QED) is 0.883. The first-order valence-electron chi connectivity index (χ1n) is 7.59. The fourth-order valence-electron chi connectivity index (χ4n) is 3.03. The molecule has 21 heavy (non-hydrogen) atoms. The average molecular weight is 304 g/mol. The third kappa shape index (κ3) is 4.22. The van der Waals surface area contributed by atoms with Crippen LogP contribution in [-0.4, -0.2) is 17.7 Å². The Hall–Kier alpha value is -1.04. The van der Waals surface area contributed by atoms with Crippen LogP contribution < -0.4 is 5.32 Å². The van der Waals surface area contributed by atoms with Crippen molar-refractivity contribution in [2.45, 2.75) is 58.2 Å². The topological polar surface area (TPSA) is 38.1 Å². The molecule has 1 aliphatic rings. The van der Waals surface area contributed by atoms with Gasteiger partial charge in [0.15, 0.2) is 6.39 Å². The zero-order chi connectivity index (χ0) is 15.5. The molecule has 0 aromatic carbocycles. The number of hydrogen-bond donors (Lipinski definition) is 1. The van der Waals surface area contributed by atoms with Crippen LogP contribution in [0.4, 0.5) is 13.2 Å². The van der Waals surface area contributed by atoms with Crippen LogP contribution in [0.1, 0.15) is 56.9 Å². The molecule has 0 saturated heterocycles. The number of nitrogens with zero attached hydrogens (tertiary/aromatic N) is 1. The Morgan fingerprint density at radius 1 is 1.33 bits per heavy atom. The molecule has 2 rings (SSSR count). The van der Waals surface area contributed by atoms with E-state index in [2.05, 4.69) is 24.1 Å². The minimum atomic E-state index is -4.17. The van der Waals surface area contributed by atoms with Gasteiger partial charge >= 0.3 is 6.18 Å². The van der Waals surface area contributed by atoms with Crippen molar-refractivity contribution < 1.29 is 17.6 Å². The number of alkyl halides is 3. The van der Waals surface area contributed by atoms with Gasteiger partial charge in [-0.3, -0.25) is 0 Å². The molecule has 0 spiro atoms. The van der Waals surface area contributed by atoms with Crippen molar-refractivity contribution in [3.63, 3.8) is 0 Å². The third-order valence-corrected chi connectivity index (χ3v) is 4.04. The van der Waals surface area contributed by atoms with Gasteiger partial charge in [-0.1, -0.05) is 26.7 Å². The van der Waals surface area contributed by atoms with Crippen LogP contribution in [0.15, 0.2) is 10.8 Å². The molecule has 2 atom stereocenters. The Morgan fingerprint density at radius 2 is 2.05 bits per heavy atom. The van der Waals surface area contributed by atoms with Gasteiger partial charge in [-0.15, -0.1) is 0 Å². The number of rotatable bonds is 5. The first kappa shape index (κ1) is 16.3. The van der Waals surface area contributed by atoms with Crippen molar-refractivity contribution in [1.82, 2.24) is 10.3 Å². The van der Waals surface area contributed by atoms with Crippen molar-refractivity contribution in [3.05, 3.63) is 17.8 Å². The second-order valence-corrected chi connectivity index (χ2v) is 6.23. The number of hydrogen-bond acceptors (Lipinski definition) is 3. The molecule has 6 heteroatoms. The van der Waals surface area contributed by atoms with Gasteiger partial charge in [0.25, 0.3) is 0 Å². The highest BCUT2D eigenvalue weighted by Gasteiger charge is 2.47. The fourth-order valence-corrected chi connectivity index (χ4v) is 3.03. The molecular weight excluding hydrogens is 281 g/mol. The lowest BCUT2D eigenvalue weighted by Crippen LogP contribution is -2.32. The van der Waals surface area contributed by atoms with Crippen molar-refractivity contribution in [2.75, 3.05) is 6.54 Å². The average Bonchev–Trinajstić information content (AvgIpc) is 2.85. The van der Waals surface area contributed by atoms with Crippen LogP contribution in [0.3, 0.4) is 0 Å². The van der Waals surface area contributed by atoms with Gasteiger partial charge < -0.3 is 9.73 Å². The maximum atomic E-state index is 13.2. The van der Waals surface area contributed by atoms with Gasteiger partial charge in [0.05, 0.1) is 11.6 Å². The van der Waals surface area contributed by atoms with E-state index < -0.39 is 18.0 Å². The van der Waals surface area contributed by atoms with E-state index in [0.29, 0.717) is 36.8 Å². The van der Waals surface area contributed by atoms with Gasteiger partial charge in [-0.05, 0) is 25.3 Å². The van der Waals surface area contributed by atoms with Crippen LogP contribution in [0, 0.1) is 11.8 Å². The number of nitrogens with one attached hydrogen (secondary N) is 1. The number of oxazole rings is 1. The van der Waals surface area contributed by atoms with Gasteiger partial charge in [-0.2, -0.15) is 13.2 Å².